The van der Waals surface area contributed by atoms with Crippen molar-refractivity contribution in [1.82, 2.24) is 10.9 Å². The van der Waals surface area contributed by atoms with Crippen molar-refractivity contribution in [1.29, 1.82) is 0 Å². The smallest absolute Gasteiger partial charge is 0.268 e. The molecule has 0 aliphatic heterocycles. The van der Waals surface area contributed by atoms with Crippen molar-refractivity contribution in [2.24, 2.45) is 0 Å². The van der Waals surface area contributed by atoms with Crippen molar-refractivity contribution in [3.05, 3.63) is 80.2 Å². The molecular formula is C18H12ClN3O4S. The SMILES string of the molecule is O=C(/C=C/c1cccc([N+](=O)[O-])c1)NNC(=O)c1sc2ccccc2c1Cl. The van der Waals surface area contributed by atoms with E-state index >= 15 is 0 Å². The average Bonchev–Trinajstić information content (AvgIpc) is 3.01. The molecule has 0 unspecified atom stereocenters. The van der Waals surface area contributed by atoms with Crippen molar-refractivity contribution in [2.45, 2.75) is 0 Å². The lowest BCUT2D eigenvalue weighted by molar-refractivity contribution is -0.384. The number of hydrazine groups is 1. The number of thiophene rings is 1. The van der Waals surface area contributed by atoms with Crippen molar-refractivity contribution >= 4 is 56.6 Å². The minimum Gasteiger partial charge on any atom is -0.268 e. The first-order valence-corrected chi connectivity index (χ1v) is 8.85. The maximum absolute atomic E-state index is 12.2. The van der Waals surface area contributed by atoms with Gasteiger partial charge in [0.25, 0.3) is 17.5 Å². The van der Waals surface area contributed by atoms with Crippen LogP contribution in [0, 0.1) is 10.1 Å². The number of rotatable bonds is 4. The molecule has 1 heterocycles. The van der Waals surface area contributed by atoms with Crippen LogP contribution in [0.1, 0.15) is 15.2 Å². The highest BCUT2D eigenvalue weighted by atomic mass is 35.5. The Hall–Kier alpha value is -3.23. The van der Waals surface area contributed by atoms with Gasteiger partial charge in [-0.05, 0) is 17.7 Å². The van der Waals surface area contributed by atoms with Gasteiger partial charge < -0.3 is 0 Å². The van der Waals surface area contributed by atoms with Gasteiger partial charge in [-0.25, -0.2) is 0 Å². The summed E-state index contributed by atoms with van der Waals surface area (Å²) in [5, 5.41) is 11.8. The molecule has 1 aromatic heterocycles. The molecule has 0 bridgehead atoms. The van der Waals surface area contributed by atoms with Crippen molar-refractivity contribution in [3.8, 4) is 0 Å². The maximum atomic E-state index is 12.2. The number of nitrogens with one attached hydrogen (secondary N) is 2. The second kappa shape index (κ2) is 7.98. The molecule has 0 fully saturated rings. The zero-order valence-electron chi connectivity index (χ0n) is 13.6. The van der Waals surface area contributed by atoms with E-state index in [-0.39, 0.29) is 5.69 Å². The summed E-state index contributed by atoms with van der Waals surface area (Å²) in [7, 11) is 0. The summed E-state index contributed by atoms with van der Waals surface area (Å²) in [6.07, 6.45) is 2.56. The third-order valence-electron chi connectivity index (χ3n) is 3.55. The first-order chi connectivity index (χ1) is 13.0. The molecule has 9 heteroatoms. The lowest BCUT2D eigenvalue weighted by Gasteiger charge is -2.04. The Balaban J connectivity index is 1.63. The first-order valence-electron chi connectivity index (χ1n) is 7.65. The average molecular weight is 402 g/mol. The highest BCUT2D eigenvalue weighted by Crippen LogP contribution is 2.34. The van der Waals surface area contributed by atoms with E-state index in [4.69, 9.17) is 11.6 Å². The van der Waals surface area contributed by atoms with Crippen LogP contribution in [0.3, 0.4) is 0 Å². The number of hydrogen-bond donors (Lipinski definition) is 2. The van der Waals surface area contributed by atoms with Crippen LogP contribution in [0.2, 0.25) is 5.02 Å². The fourth-order valence-corrected chi connectivity index (χ4v) is 3.70. The van der Waals surface area contributed by atoms with Gasteiger partial charge in [0.1, 0.15) is 4.88 Å². The van der Waals surface area contributed by atoms with Gasteiger partial charge in [0, 0.05) is 28.3 Å². The van der Waals surface area contributed by atoms with Crippen LogP contribution < -0.4 is 10.9 Å². The second-order valence-corrected chi connectivity index (χ2v) is 6.80. The summed E-state index contributed by atoms with van der Waals surface area (Å²) in [5.74, 6) is -1.12. The standard InChI is InChI=1S/C18H12ClN3O4S/c19-16-13-6-1-2-7-14(13)27-17(16)18(24)21-20-15(23)9-8-11-4-3-5-12(10-11)22(25)26/h1-10H,(H,20,23)(H,21,24)/b9-8+. The highest BCUT2D eigenvalue weighted by Gasteiger charge is 2.17. The molecular weight excluding hydrogens is 390 g/mol. The molecule has 2 amide bonds. The molecule has 0 spiro atoms. The molecule has 27 heavy (non-hydrogen) atoms. The Morgan fingerprint density at radius 2 is 1.89 bits per heavy atom. The normalized spacial score (nSPS) is 10.9. The highest BCUT2D eigenvalue weighted by molar-refractivity contribution is 7.21. The van der Waals surface area contributed by atoms with Crippen LogP contribution in [0.4, 0.5) is 5.69 Å². The maximum Gasteiger partial charge on any atom is 0.281 e. The quantitative estimate of drug-likeness (QED) is 0.392. The monoisotopic (exact) mass is 401 g/mol. The Kier molecular flexibility index (Phi) is 5.49. The van der Waals surface area contributed by atoms with Crippen LogP contribution in [-0.2, 0) is 4.79 Å². The van der Waals surface area contributed by atoms with E-state index in [0.717, 1.165) is 16.2 Å². The van der Waals surface area contributed by atoms with Crippen LogP contribution in [0.5, 0.6) is 0 Å². The lowest BCUT2D eigenvalue weighted by atomic mass is 10.2. The van der Waals surface area contributed by atoms with Gasteiger partial charge >= 0.3 is 0 Å². The topological polar surface area (TPSA) is 101 Å². The summed E-state index contributed by atoms with van der Waals surface area (Å²) in [5.41, 5.74) is 4.95. The first kappa shape index (κ1) is 18.6. The van der Waals surface area contributed by atoms with E-state index in [1.165, 1.54) is 35.6 Å². The molecule has 2 N–H and O–H groups in total. The predicted molar refractivity (Wildman–Crippen MR) is 105 cm³/mol. The van der Waals surface area contributed by atoms with E-state index in [0.29, 0.717) is 15.5 Å². The molecule has 136 valence electrons. The molecule has 0 saturated heterocycles. The van der Waals surface area contributed by atoms with Gasteiger partial charge in [-0.3, -0.25) is 30.6 Å². The van der Waals surface area contributed by atoms with Gasteiger partial charge in [0.2, 0.25) is 0 Å². The molecule has 0 radical (unpaired) electrons. The Labute approximate surface area is 162 Å². The number of benzene rings is 2. The number of carbonyl (C=O) groups excluding carboxylic acids is 2. The summed E-state index contributed by atoms with van der Waals surface area (Å²) >= 11 is 7.44. The third kappa shape index (κ3) is 4.30. The number of carbonyl (C=O) groups is 2. The molecule has 3 aromatic rings. The number of nitro groups is 1. The number of halogens is 1. The largest absolute Gasteiger partial charge is 0.281 e. The lowest BCUT2D eigenvalue weighted by Crippen LogP contribution is -2.40. The zero-order chi connectivity index (χ0) is 19.4. The van der Waals surface area contributed by atoms with Crippen LogP contribution in [0.25, 0.3) is 16.2 Å². The Bertz CT molecular complexity index is 1080. The van der Waals surface area contributed by atoms with Gasteiger partial charge in [0.15, 0.2) is 0 Å². The van der Waals surface area contributed by atoms with Crippen molar-refractivity contribution in [3.63, 3.8) is 0 Å². The third-order valence-corrected chi connectivity index (χ3v) is 5.22. The fourth-order valence-electron chi connectivity index (χ4n) is 2.29. The molecule has 2 aromatic carbocycles. The van der Waals surface area contributed by atoms with Gasteiger partial charge in [-0.1, -0.05) is 41.9 Å². The molecule has 0 aliphatic rings. The summed E-state index contributed by atoms with van der Waals surface area (Å²) in [6, 6.07) is 13.1. The second-order valence-electron chi connectivity index (χ2n) is 5.37. The molecule has 7 nitrogen and oxygen atoms in total. The van der Waals surface area contributed by atoms with Gasteiger partial charge in [-0.2, -0.15) is 0 Å². The van der Waals surface area contributed by atoms with E-state index in [1.54, 1.807) is 6.07 Å². The van der Waals surface area contributed by atoms with Crippen molar-refractivity contribution in [2.75, 3.05) is 0 Å². The predicted octanol–water partition coefficient (Wildman–Crippen LogP) is 3.94. The number of nitrogens with zero attached hydrogens (tertiary/aromatic N) is 1. The molecule has 0 atom stereocenters. The number of amides is 2. The summed E-state index contributed by atoms with van der Waals surface area (Å²) in [4.78, 5) is 34.6. The van der Waals surface area contributed by atoms with E-state index in [9.17, 15) is 19.7 Å². The van der Waals surface area contributed by atoms with Crippen molar-refractivity contribution < 1.29 is 14.5 Å². The van der Waals surface area contributed by atoms with E-state index in [1.807, 2.05) is 24.3 Å². The number of non-ortho nitro benzene ring substituents is 1. The Morgan fingerprint density at radius 1 is 1.11 bits per heavy atom. The van der Waals surface area contributed by atoms with E-state index < -0.39 is 16.7 Å². The minimum atomic E-state index is -0.591. The van der Waals surface area contributed by atoms with Crippen LogP contribution in [-0.4, -0.2) is 16.7 Å². The van der Waals surface area contributed by atoms with Gasteiger partial charge in [0.05, 0.1) is 9.95 Å². The van der Waals surface area contributed by atoms with Gasteiger partial charge in [-0.15, -0.1) is 11.3 Å². The zero-order valence-corrected chi connectivity index (χ0v) is 15.2. The Morgan fingerprint density at radius 3 is 2.63 bits per heavy atom. The molecule has 0 saturated carbocycles. The number of hydrogen-bond acceptors (Lipinski definition) is 5. The summed E-state index contributed by atoms with van der Waals surface area (Å²) in [6.45, 7) is 0. The van der Waals surface area contributed by atoms with E-state index in [2.05, 4.69) is 10.9 Å². The summed E-state index contributed by atoms with van der Waals surface area (Å²) < 4.78 is 0.865. The van der Waals surface area contributed by atoms with Crippen LogP contribution >= 0.6 is 22.9 Å². The van der Waals surface area contributed by atoms with Crippen LogP contribution in [0.15, 0.2) is 54.6 Å². The number of fused-ring (bicyclic) bond motifs is 1. The minimum absolute atomic E-state index is 0.0785. The molecule has 0 aliphatic carbocycles. The fraction of sp³-hybridized carbons (Fsp3) is 0. The number of nitro benzene ring substituents is 1. The molecule has 3 rings (SSSR count).